The number of allylic oxidation sites excluding steroid dienone is 8. The molecule has 364 valence electrons. The molecule has 0 heterocycles. The van der Waals surface area contributed by atoms with Crippen molar-refractivity contribution in [3.8, 4) is 0 Å². The highest BCUT2D eigenvalue weighted by Gasteiger charge is 1.98. The van der Waals surface area contributed by atoms with Gasteiger partial charge in [-0.15, -0.1) is 0 Å². The molecule has 62 heavy (non-hydrogen) atoms. The summed E-state index contributed by atoms with van der Waals surface area (Å²) in [6.07, 6.45) is 67.8. The quantitative estimate of drug-likeness (QED) is 0.0415. The lowest BCUT2D eigenvalue weighted by Gasteiger charge is -2.01. The molecule has 0 aliphatic carbocycles. The van der Waals surface area contributed by atoms with Crippen molar-refractivity contribution >= 4 is 17.9 Å². The second kappa shape index (κ2) is 60.5. The highest BCUT2D eigenvalue weighted by molar-refractivity contribution is 5.67. The summed E-state index contributed by atoms with van der Waals surface area (Å²) < 4.78 is 0. The van der Waals surface area contributed by atoms with Crippen LogP contribution in [0.3, 0.4) is 0 Å². The molecule has 3 N–H and O–H groups in total. The summed E-state index contributed by atoms with van der Waals surface area (Å²) in [6, 6.07) is 0. The Morgan fingerprint density at radius 2 is 0.435 bits per heavy atom. The van der Waals surface area contributed by atoms with Gasteiger partial charge in [-0.25, -0.2) is 0 Å². The first-order valence-electron chi connectivity index (χ1n) is 26.6. The maximum Gasteiger partial charge on any atom is 0.303 e. The third-order valence-corrected chi connectivity index (χ3v) is 11.1. The maximum atomic E-state index is 10.4. The zero-order valence-electron chi connectivity index (χ0n) is 41.4. The van der Waals surface area contributed by atoms with Crippen molar-refractivity contribution in [3.63, 3.8) is 0 Å². The van der Waals surface area contributed by atoms with Crippen LogP contribution < -0.4 is 0 Å². The van der Waals surface area contributed by atoms with Gasteiger partial charge in [0.2, 0.25) is 0 Å². The molecule has 0 aliphatic rings. The van der Waals surface area contributed by atoms with E-state index >= 15 is 0 Å². The van der Waals surface area contributed by atoms with Crippen molar-refractivity contribution in [1.82, 2.24) is 0 Å². The van der Waals surface area contributed by atoms with Gasteiger partial charge < -0.3 is 15.3 Å². The summed E-state index contributed by atoms with van der Waals surface area (Å²) in [6.45, 7) is 6.76. The zero-order chi connectivity index (χ0) is 46.1. The topological polar surface area (TPSA) is 112 Å². The molecule has 0 aromatic rings. The summed E-state index contributed by atoms with van der Waals surface area (Å²) in [4.78, 5) is 31.0. The second-order valence-electron chi connectivity index (χ2n) is 17.5. The molecule has 0 atom stereocenters. The lowest BCUT2D eigenvalue weighted by atomic mass is 10.1. The third-order valence-electron chi connectivity index (χ3n) is 11.1. The molecule has 0 saturated heterocycles. The van der Waals surface area contributed by atoms with Crippen molar-refractivity contribution in [2.75, 3.05) is 0 Å². The van der Waals surface area contributed by atoms with Crippen molar-refractivity contribution in [1.29, 1.82) is 0 Å². The van der Waals surface area contributed by atoms with Crippen LogP contribution in [-0.2, 0) is 14.4 Å². The molecule has 0 bridgehead atoms. The molecule has 0 aliphatic heterocycles. The summed E-state index contributed by atoms with van der Waals surface area (Å²) in [5.41, 5.74) is 0. The number of aliphatic carboxylic acids is 3. The van der Waals surface area contributed by atoms with Gasteiger partial charge in [-0.1, -0.05) is 217 Å². The van der Waals surface area contributed by atoms with Gasteiger partial charge in [-0.05, 0) is 103 Å². The Morgan fingerprint density at radius 1 is 0.258 bits per heavy atom. The molecule has 0 unspecified atom stereocenters. The van der Waals surface area contributed by atoms with E-state index in [1.807, 2.05) is 0 Å². The lowest BCUT2D eigenvalue weighted by molar-refractivity contribution is -0.138. The van der Waals surface area contributed by atoms with Gasteiger partial charge in [0.1, 0.15) is 0 Å². The molecule has 6 heteroatoms. The van der Waals surface area contributed by atoms with Crippen LogP contribution in [0.5, 0.6) is 0 Å². The minimum absolute atomic E-state index is 0.310. The molecule has 0 spiro atoms. The van der Waals surface area contributed by atoms with Crippen LogP contribution in [0.4, 0.5) is 0 Å². The molecule has 0 radical (unpaired) electrons. The lowest BCUT2D eigenvalue weighted by Crippen LogP contribution is -1.93. The van der Waals surface area contributed by atoms with Crippen LogP contribution in [0.15, 0.2) is 48.6 Å². The zero-order valence-corrected chi connectivity index (χ0v) is 41.4. The number of hydrogen-bond donors (Lipinski definition) is 3. The van der Waals surface area contributed by atoms with E-state index in [1.54, 1.807) is 0 Å². The average Bonchev–Trinajstić information content (AvgIpc) is 3.25. The number of unbranched alkanes of at least 4 members (excludes halogenated alkanes) is 32. The first-order chi connectivity index (χ1) is 30.3. The predicted molar refractivity (Wildman–Crippen MR) is 270 cm³/mol. The van der Waals surface area contributed by atoms with Crippen molar-refractivity contribution in [2.45, 2.75) is 290 Å². The first kappa shape index (κ1) is 63.7. The van der Waals surface area contributed by atoms with Crippen molar-refractivity contribution < 1.29 is 29.7 Å². The molecular formula is C56H104O6. The fourth-order valence-electron chi connectivity index (χ4n) is 7.14. The summed E-state index contributed by atoms with van der Waals surface area (Å²) >= 11 is 0. The van der Waals surface area contributed by atoms with Crippen LogP contribution in [0.2, 0.25) is 0 Å². The van der Waals surface area contributed by atoms with E-state index in [0.717, 1.165) is 70.6 Å². The Bertz CT molecular complexity index is 1010. The highest BCUT2D eigenvalue weighted by atomic mass is 16.4. The molecule has 0 fully saturated rings. The van der Waals surface area contributed by atoms with E-state index in [0.29, 0.717) is 19.3 Å². The minimum Gasteiger partial charge on any atom is -0.481 e. The number of hydrogen-bond acceptors (Lipinski definition) is 3. The summed E-state index contributed by atoms with van der Waals surface area (Å²) in [5, 5.41) is 25.5. The van der Waals surface area contributed by atoms with Gasteiger partial charge >= 0.3 is 17.9 Å². The third kappa shape index (κ3) is 71.9. The van der Waals surface area contributed by atoms with Crippen LogP contribution in [-0.4, -0.2) is 33.2 Å². The van der Waals surface area contributed by atoms with Gasteiger partial charge in [-0.3, -0.25) is 14.4 Å². The molecule has 0 amide bonds. The van der Waals surface area contributed by atoms with Gasteiger partial charge in [0.15, 0.2) is 0 Å². The van der Waals surface area contributed by atoms with E-state index in [-0.39, 0.29) is 0 Å². The van der Waals surface area contributed by atoms with Crippen molar-refractivity contribution in [3.05, 3.63) is 48.6 Å². The number of carboxylic acid groups (broad SMARTS) is 3. The van der Waals surface area contributed by atoms with Crippen LogP contribution in [0.1, 0.15) is 290 Å². The second-order valence-corrected chi connectivity index (χ2v) is 17.5. The van der Waals surface area contributed by atoms with Crippen LogP contribution in [0, 0.1) is 0 Å². The fraction of sp³-hybridized carbons (Fsp3) is 0.804. The Hall–Kier alpha value is -2.63. The van der Waals surface area contributed by atoms with E-state index < -0.39 is 17.9 Å². The van der Waals surface area contributed by atoms with Crippen LogP contribution >= 0.6 is 0 Å². The molecular weight excluding hydrogens is 769 g/mol. The summed E-state index contributed by atoms with van der Waals surface area (Å²) in [5.74, 6) is -2.01. The normalized spacial score (nSPS) is 11.4. The molecule has 6 nitrogen and oxygen atoms in total. The molecule has 0 saturated carbocycles. The molecule has 0 aromatic carbocycles. The van der Waals surface area contributed by atoms with Gasteiger partial charge in [0.05, 0.1) is 0 Å². The fourth-order valence-corrected chi connectivity index (χ4v) is 7.14. The van der Waals surface area contributed by atoms with Gasteiger partial charge in [0.25, 0.3) is 0 Å². The first-order valence-corrected chi connectivity index (χ1v) is 26.6. The average molecular weight is 873 g/mol. The monoisotopic (exact) mass is 873 g/mol. The van der Waals surface area contributed by atoms with Crippen molar-refractivity contribution in [2.24, 2.45) is 0 Å². The standard InChI is InChI=1S/C22H42O2.C18H34O2.C16H28O2/c1-2-3-4-5-6-7-8-9-10-11-12-13-14-15-16-17-18-19-20-21-22(23)24;1-2-3-4-5-6-7-8-9-10-11-12-13-14-15-16-17-18(19)20;1-2-3-4-5-6-7-8-9-10-11-12-13-14-15-16(17)18/h9-10H,2-8,11-21H2,1H3,(H,23,24);11-12H,2-10,13-17H2,1H3,(H,19,20);6-7,9-10H,2-5,8,11-15H2,1H3,(H,17,18)/b10-9-;12-11-;7-6-,10-9-. The number of carboxylic acids is 3. The van der Waals surface area contributed by atoms with E-state index in [9.17, 15) is 14.4 Å². The largest absolute Gasteiger partial charge is 0.481 e. The van der Waals surface area contributed by atoms with Gasteiger partial charge in [-0.2, -0.15) is 0 Å². The molecule has 0 aromatic heterocycles. The predicted octanol–water partition coefficient (Wildman–Crippen LogP) is 18.9. The smallest absolute Gasteiger partial charge is 0.303 e. The Kier molecular flexibility index (Phi) is 62.1. The van der Waals surface area contributed by atoms with E-state index in [1.165, 1.54) is 180 Å². The Labute approximate surface area is 385 Å². The molecule has 0 rings (SSSR count). The number of rotatable bonds is 46. The number of carbonyl (C=O) groups is 3. The maximum absolute atomic E-state index is 10.4. The highest BCUT2D eigenvalue weighted by Crippen LogP contribution is 2.13. The minimum atomic E-state index is -0.682. The van der Waals surface area contributed by atoms with E-state index in [4.69, 9.17) is 15.3 Å². The Morgan fingerprint density at radius 3 is 0.694 bits per heavy atom. The van der Waals surface area contributed by atoms with Crippen LogP contribution in [0.25, 0.3) is 0 Å². The SMILES string of the molecule is CCCCC/C=C\C/C=C\CCCCCC(=O)O.CCCCCCCC/C=C\CCCCCCCCCCCC(=O)O.CCCCCCCCCC/C=C\CCCCCC(=O)O. The van der Waals surface area contributed by atoms with Gasteiger partial charge in [0, 0.05) is 19.3 Å². The summed E-state index contributed by atoms with van der Waals surface area (Å²) in [7, 11) is 0. The van der Waals surface area contributed by atoms with E-state index in [2.05, 4.69) is 69.4 Å². The Balaban J connectivity index is -0.000000852.